The third-order valence-corrected chi connectivity index (χ3v) is 7.82. The fraction of sp³-hybridized carbons (Fsp3) is 0.0556. The number of aryl methyl sites for hydroxylation is 2. The minimum atomic E-state index is -0.170. The van der Waals surface area contributed by atoms with Gasteiger partial charge in [0.25, 0.3) is 0 Å². The van der Waals surface area contributed by atoms with Crippen LogP contribution in [0.4, 0.5) is 11.4 Å². The van der Waals surface area contributed by atoms with Crippen LogP contribution in [0.5, 0.6) is 11.5 Å². The Bertz CT molecular complexity index is 2130. The van der Waals surface area contributed by atoms with Crippen LogP contribution in [0.3, 0.4) is 0 Å². The van der Waals surface area contributed by atoms with Gasteiger partial charge < -0.3 is 20.1 Å². The standard InChI is InChI=1S/C36H20N6O2/c1-19-3-7-21(8-4-19)27-12-24-11-23-13-29(22-9-5-20(2)6-10-22)33-32(42-36(43-33)26(17-39)18-40)28(23)14-30(24)34-31(27)41-35(44-34)25(15-37)16-38/h3-14,41-42H,1-2H3. The predicted octanol–water partition coefficient (Wildman–Crippen LogP) is 8.07. The van der Waals surface area contributed by atoms with Gasteiger partial charge in [-0.3, -0.25) is 0 Å². The van der Waals surface area contributed by atoms with E-state index < -0.39 is 0 Å². The summed E-state index contributed by atoms with van der Waals surface area (Å²) in [7, 11) is 0. The van der Waals surface area contributed by atoms with Crippen LogP contribution in [0.1, 0.15) is 11.1 Å². The van der Waals surface area contributed by atoms with Gasteiger partial charge in [0.15, 0.2) is 22.6 Å². The Morgan fingerprint density at radius 2 is 1.02 bits per heavy atom. The van der Waals surface area contributed by atoms with Crippen molar-refractivity contribution < 1.29 is 9.47 Å². The first-order chi connectivity index (χ1) is 21.4. The fourth-order valence-corrected chi connectivity index (χ4v) is 5.58. The maximum Gasteiger partial charge on any atom is 0.226 e. The topological polar surface area (TPSA) is 138 Å². The summed E-state index contributed by atoms with van der Waals surface area (Å²) in [4.78, 5) is 0. The minimum Gasteiger partial charge on any atom is -0.436 e. The molecule has 2 N–H and O–H groups in total. The van der Waals surface area contributed by atoms with Gasteiger partial charge >= 0.3 is 0 Å². The number of hydrogen-bond acceptors (Lipinski definition) is 8. The molecule has 8 nitrogen and oxygen atoms in total. The number of nitriles is 4. The molecule has 2 heterocycles. The second kappa shape index (κ2) is 9.97. The van der Waals surface area contributed by atoms with Crippen LogP contribution >= 0.6 is 0 Å². The Kier molecular flexibility index (Phi) is 5.93. The van der Waals surface area contributed by atoms with E-state index in [1.165, 1.54) is 0 Å². The SMILES string of the molecule is Cc1ccc(-c2cc3cc4cc(-c5ccc(C)cc5)c5c(c4cc3c3c2NC(=C(C#N)C#N)O3)NC(=C(C#N)C#N)O5)cc1. The molecule has 5 aromatic rings. The summed E-state index contributed by atoms with van der Waals surface area (Å²) in [5, 5.41) is 47.9. The van der Waals surface area contributed by atoms with Crippen molar-refractivity contribution in [2.45, 2.75) is 13.8 Å². The van der Waals surface area contributed by atoms with Crippen molar-refractivity contribution in [3.05, 3.63) is 107 Å². The van der Waals surface area contributed by atoms with Gasteiger partial charge in [0, 0.05) is 21.9 Å². The molecule has 0 unspecified atom stereocenters. The lowest BCUT2D eigenvalue weighted by atomic mass is 9.93. The molecule has 0 aliphatic carbocycles. The number of nitrogens with zero attached hydrogens (tertiary/aromatic N) is 4. The van der Waals surface area contributed by atoms with Crippen LogP contribution < -0.4 is 20.1 Å². The highest BCUT2D eigenvalue weighted by molar-refractivity contribution is 6.13. The third-order valence-electron chi connectivity index (χ3n) is 7.82. The van der Waals surface area contributed by atoms with Crippen molar-refractivity contribution in [3.63, 3.8) is 0 Å². The van der Waals surface area contributed by atoms with Crippen molar-refractivity contribution in [2.75, 3.05) is 10.6 Å². The number of allylic oxidation sites excluding steroid dienone is 2. The maximum atomic E-state index is 9.57. The molecule has 0 saturated heterocycles. The van der Waals surface area contributed by atoms with E-state index in [-0.39, 0.29) is 22.9 Å². The minimum absolute atomic E-state index is 0.0710. The summed E-state index contributed by atoms with van der Waals surface area (Å²) in [6.45, 7) is 4.04. The second-order valence-electron chi connectivity index (χ2n) is 10.6. The fourth-order valence-electron chi connectivity index (χ4n) is 5.58. The van der Waals surface area contributed by atoms with Crippen molar-refractivity contribution in [1.29, 1.82) is 21.0 Å². The van der Waals surface area contributed by atoms with E-state index in [2.05, 4.69) is 22.8 Å². The van der Waals surface area contributed by atoms with Crippen LogP contribution in [0.2, 0.25) is 0 Å². The normalized spacial score (nSPS) is 12.4. The number of anilines is 2. The maximum absolute atomic E-state index is 9.57. The lowest BCUT2D eigenvalue weighted by molar-refractivity contribution is 0.456. The molecule has 0 radical (unpaired) electrons. The van der Waals surface area contributed by atoms with Gasteiger partial charge in [-0.1, -0.05) is 59.7 Å². The Hall–Kier alpha value is -6.74. The van der Waals surface area contributed by atoms with Gasteiger partial charge in [0.1, 0.15) is 24.3 Å². The van der Waals surface area contributed by atoms with Gasteiger partial charge in [0.2, 0.25) is 11.8 Å². The largest absolute Gasteiger partial charge is 0.436 e. The summed E-state index contributed by atoms with van der Waals surface area (Å²) in [5.41, 5.74) is 6.69. The second-order valence-corrected chi connectivity index (χ2v) is 10.6. The van der Waals surface area contributed by atoms with Gasteiger partial charge in [-0.05, 0) is 60.0 Å². The van der Waals surface area contributed by atoms with E-state index in [1.54, 1.807) is 0 Å². The van der Waals surface area contributed by atoms with E-state index >= 15 is 0 Å². The predicted molar refractivity (Wildman–Crippen MR) is 167 cm³/mol. The van der Waals surface area contributed by atoms with E-state index in [9.17, 15) is 21.0 Å². The molecule has 0 aromatic heterocycles. The Morgan fingerprint density at radius 1 is 0.545 bits per heavy atom. The summed E-state index contributed by atoms with van der Waals surface area (Å²) < 4.78 is 12.3. The number of ether oxygens (including phenoxy) is 2. The molecule has 2 aliphatic heterocycles. The number of rotatable bonds is 2. The monoisotopic (exact) mass is 568 g/mol. The number of hydrogen-bond donors (Lipinski definition) is 2. The zero-order chi connectivity index (χ0) is 30.5. The molecule has 5 aromatic carbocycles. The van der Waals surface area contributed by atoms with Crippen LogP contribution in [0.15, 0.2) is 95.7 Å². The highest BCUT2D eigenvalue weighted by Gasteiger charge is 2.30. The zero-order valence-corrected chi connectivity index (χ0v) is 23.5. The molecule has 44 heavy (non-hydrogen) atoms. The zero-order valence-electron chi connectivity index (χ0n) is 23.5. The molecule has 0 atom stereocenters. The van der Waals surface area contributed by atoms with Crippen LogP contribution in [-0.4, -0.2) is 0 Å². The Balaban J connectivity index is 1.54. The average molecular weight is 569 g/mol. The third kappa shape index (κ3) is 4.04. The highest BCUT2D eigenvalue weighted by atomic mass is 16.5. The molecule has 7 rings (SSSR count). The molecule has 0 fully saturated rings. The molecular weight excluding hydrogens is 548 g/mol. The first-order valence-corrected chi connectivity index (χ1v) is 13.7. The Morgan fingerprint density at radius 3 is 1.59 bits per heavy atom. The Labute approximate surface area is 252 Å². The van der Waals surface area contributed by atoms with E-state index in [0.717, 1.165) is 54.9 Å². The van der Waals surface area contributed by atoms with Crippen molar-refractivity contribution in [1.82, 2.24) is 0 Å². The quantitative estimate of drug-likeness (QED) is 0.161. The van der Waals surface area contributed by atoms with Crippen LogP contribution in [0.25, 0.3) is 43.8 Å². The summed E-state index contributed by atoms with van der Waals surface area (Å²) in [6, 6.07) is 31.9. The van der Waals surface area contributed by atoms with Crippen LogP contribution in [-0.2, 0) is 0 Å². The molecule has 0 bridgehead atoms. The molecular formula is C36H20N6O2. The molecule has 0 saturated carbocycles. The first-order valence-electron chi connectivity index (χ1n) is 13.7. The van der Waals surface area contributed by atoms with Gasteiger partial charge in [-0.2, -0.15) is 21.0 Å². The molecule has 0 amide bonds. The number of benzene rings is 5. The average Bonchev–Trinajstić information content (AvgIpc) is 3.68. The summed E-state index contributed by atoms with van der Waals surface area (Å²) in [6.07, 6.45) is 0. The van der Waals surface area contributed by atoms with Crippen molar-refractivity contribution >= 4 is 32.9 Å². The number of nitrogens with one attached hydrogen (secondary N) is 2. The molecule has 206 valence electrons. The van der Waals surface area contributed by atoms with Gasteiger partial charge in [-0.15, -0.1) is 0 Å². The molecule has 8 heteroatoms. The summed E-state index contributed by atoms with van der Waals surface area (Å²) >= 11 is 0. The van der Waals surface area contributed by atoms with Gasteiger partial charge in [-0.25, -0.2) is 0 Å². The van der Waals surface area contributed by atoms with E-state index in [1.807, 2.05) is 98.8 Å². The van der Waals surface area contributed by atoms with Gasteiger partial charge in [0.05, 0.1) is 11.4 Å². The molecule has 0 spiro atoms. The first kappa shape index (κ1) is 26.2. The summed E-state index contributed by atoms with van der Waals surface area (Å²) in [5.74, 6) is 1.13. The van der Waals surface area contributed by atoms with E-state index in [4.69, 9.17) is 9.47 Å². The van der Waals surface area contributed by atoms with Crippen molar-refractivity contribution in [2.24, 2.45) is 0 Å². The highest BCUT2D eigenvalue weighted by Crippen LogP contribution is 2.52. The number of fused-ring (bicyclic) bond motifs is 6. The lowest BCUT2D eigenvalue weighted by Crippen LogP contribution is -2.00. The van der Waals surface area contributed by atoms with Crippen LogP contribution in [0, 0.1) is 59.2 Å². The van der Waals surface area contributed by atoms with Crippen molar-refractivity contribution in [3.8, 4) is 58.0 Å². The molecule has 2 aliphatic rings. The smallest absolute Gasteiger partial charge is 0.226 e. The lowest BCUT2D eigenvalue weighted by Gasteiger charge is -2.14. The van der Waals surface area contributed by atoms with E-state index in [0.29, 0.717) is 22.9 Å².